The predicted molar refractivity (Wildman–Crippen MR) is 72.4 cm³/mol. The monoisotopic (exact) mass is 281 g/mol. The molecule has 1 fully saturated rings. The molecule has 110 valence electrons. The van der Waals surface area contributed by atoms with Gasteiger partial charge >= 0.3 is 5.69 Å². The maximum absolute atomic E-state index is 12.0. The first-order chi connectivity index (χ1) is 9.36. The third-order valence-corrected chi connectivity index (χ3v) is 3.60. The van der Waals surface area contributed by atoms with Crippen LogP contribution in [-0.4, -0.2) is 43.7 Å². The molecule has 7 nitrogen and oxygen atoms in total. The number of carbonyl (C=O) groups is 1. The van der Waals surface area contributed by atoms with Crippen LogP contribution in [0.4, 0.5) is 0 Å². The van der Waals surface area contributed by atoms with E-state index in [4.69, 9.17) is 0 Å². The van der Waals surface area contributed by atoms with Crippen LogP contribution in [0.5, 0.6) is 0 Å². The van der Waals surface area contributed by atoms with Crippen molar-refractivity contribution in [1.82, 2.24) is 14.0 Å². The zero-order valence-corrected chi connectivity index (χ0v) is 11.7. The maximum Gasteiger partial charge on any atom is 0.331 e. The Bertz CT molecular complexity index is 625. The van der Waals surface area contributed by atoms with Crippen LogP contribution in [0.1, 0.15) is 19.8 Å². The maximum atomic E-state index is 12.0. The molecule has 1 amide bonds. The summed E-state index contributed by atoms with van der Waals surface area (Å²) in [6.07, 6.45) is 2.84. The fourth-order valence-electron chi connectivity index (χ4n) is 2.45. The minimum absolute atomic E-state index is 0.116. The van der Waals surface area contributed by atoms with Crippen LogP contribution in [0.15, 0.2) is 21.9 Å². The Hall–Kier alpha value is -1.89. The summed E-state index contributed by atoms with van der Waals surface area (Å²) in [4.78, 5) is 36.6. The molecule has 2 rings (SSSR count). The number of nitrogens with zero attached hydrogens (tertiary/aromatic N) is 3. The minimum atomic E-state index is -0.779. The van der Waals surface area contributed by atoms with Gasteiger partial charge in [-0.2, -0.15) is 0 Å². The van der Waals surface area contributed by atoms with Gasteiger partial charge in [0, 0.05) is 19.3 Å². The third kappa shape index (κ3) is 2.67. The number of hydrogen-bond acceptors (Lipinski definition) is 4. The molecule has 1 aliphatic heterocycles. The van der Waals surface area contributed by atoms with E-state index in [0.29, 0.717) is 19.5 Å². The van der Waals surface area contributed by atoms with Gasteiger partial charge in [-0.1, -0.05) is 13.3 Å². The molecule has 1 aromatic heterocycles. The summed E-state index contributed by atoms with van der Waals surface area (Å²) in [6.45, 7) is 2.47. The number of carbonyl (C=O) groups excluding carboxylic acids is 1. The summed E-state index contributed by atoms with van der Waals surface area (Å²) < 4.78 is 2.15. The Morgan fingerprint density at radius 1 is 1.40 bits per heavy atom. The lowest BCUT2D eigenvalue weighted by Crippen LogP contribution is -2.64. The Morgan fingerprint density at radius 3 is 2.65 bits per heavy atom. The van der Waals surface area contributed by atoms with Crippen LogP contribution in [0.3, 0.4) is 0 Å². The number of hydrogen-bond donors (Lipinski definition) is 1. The Labute approximate surface area is 116 Å². The molecule has 2 heterocycles. The van der Waals surface area contributed by atoms with Crippen molar-refractivity contribution in [2.45, 2.75) is 31.9 Å². The quantitative estimate of drug-likeness (QED) is 0.761. The lowest BCUT2D eigenvalue weighted by molar-refractivity contribution is -0.157. The highest BCUT2D eigenvalue weighted by molar-refractivity contribution is 5.77. The van der Waals surface area contributed by atoms with Crippen molar-refractivity contribution < 1.29 is 9.90 Å². The van der Waals surface area contributed by atoms with Crippen molar-refractivity contribution in [3.8, 4) is 0 Å². The van der Waals surface area contributed by atoms with E-state index >= 15 is 0 Å². The van der Waals surface area contributed by atoms with E-state index in [1.165, 1.54) is 28.8 Å². The smallest absolute Gasteiger partial charge is 0.331 e. The van der Waals surface area contributed by atoms with Gasteiger partial charge < -0.3 is 10.0 Å². The Balaban J connectivity index is 2.02. The van der Waals surface area contributed by atoms with E-state index in [0.717, 1.165) is 11.0 Å². The van der Waals surface area contributed by atoms with Crippen LogP contribution >= 0.6 is 0 Å². The summed E-state index contributed by atoms with van der Waals surface area (Å²) in [7, 11) is 1.37. The normalized spacial score (nSPS) is 16.9. The highest BCUT2D eigenvalue weighted by atomic mass is 16.3. The van der Waals surface area contributed by atoms with Gasteiger partial charge in [-0.25, -0.2) is 4.79 Å². The summed E-state index contributed by atoms with van der Waals surface area (Å²) >= 11 is 0. The number of aliphatic hydroxyl groups is 1. The molecule has 7 heteroatoms. The molecule has 1 aromatic rings. The minimum Gasteiger partial charge on any atom is -0.386 e. The molecule has 20 heavy (non-hydrogen) atoms. The molecule has 0 unspecified atom stereocenters. The van der Waals surface area contributed by atoms with E-state index in [2.05, 4.69) is 0 Å². The van der Waals surface area contributed by atoms with E-state index < -0.39 is 16.9 Å². The number of aromatic nitrogens is 2. The zero-order chi connectivity index (χ0) is 14.9. The second-order valence-electron chi connectivity index (χ2n) is 5.35. The van der Waals surface area contributed by atoms with Gasteiger partial charge in [0.2, 0.25) is 5.91 Å². The van der Waals surface area contributed by atoms with Gasteiger partial charge in [-0.15, -0.1) is 0 Å². The van der Waals surface area contributed by atoms with E-state index in [9.17, 15) is 19.5 Å². The summed E-state index contributed by atoms with van der Waals surface area (Å²) in [5.74, 6) is -0.230. The number of likely N-dealkylation sites (tertiary alicyclic amines) is 1. The molecule has 0 bridgehead atoms. The summed E-state index contributed by atoms with van der Waals surface area (Å²) in [6, 6.07) is 1.25. The molecule has 1 aliphatic rings. The number of amides is 1. The molecule has 1 N–H and O–H groups in total. The molecule has 0 aliphatic carbocycles. The second-order valence-corrected chi connectivity index (χ2v) is 5.35. The molecule has 1 saturated heterocycles. The van der Waals surface area contributed by atoms with E-state index in [-0.39, 0.29) is 12.5 Å². The van der Waals surface area contributed by atoms with Crippen molar-refractivity contribution in [3.05, 3.63) is 33.1 Å². The van der Waals surface area contributed by atoms with E-state index in [1.807, 2.05) is 6.92 Å². The van der Waals surface area contributed by atoms with Gasteiger partial charge in [0.15, 0.2) is 0 Å². The van der Waals surface area contributed by atoms with Crippen molar-refractivity contribution >= 4 is 5.91 Å². The predicted octanol–water partition coefficient (Wildman–Crippen LogP) is -1.08. The van der Waals surface area contributed by atoms with Crippen LogP contribution < -0.4 is 11.2 Å². The van der Waals surface area contributed by atoms with Crippen LogP contribution in [0.2, 0.25) is 0 Å². The lowest BCUT2D eigenvalue weighted by atomic mass is 9.89. The average molecular weight is 281 g/mol. The molecule has 0 radical (unpaired) electrons. The molecule has 0 atom stereocenters. The molecule has 0 saturated carbocycles. The lowest BCUT2D eigenvalue weighted by Gasteiger charge is -2.46. The van der Waals surface area contributed by atoms with Crippen LogP contribution in [0.25, 0.3) is 0 Å². The largest absolute Gasteiger partial charge is 0.386 e. The highest BCUT2D eigenvalue weighted by Crippen LogP contribution is 2.25. The average Bonchev–Trinajstić information content (AvgIpc) is 2.36. The third-order valence-electron chi connectivity index (χ3n) is 3.60. The SMILES string of the molecule is CCCC1(O)CN(C(=O)Cn2ccc(=O)n(C)c2=O)C1. The van der Waals surface area contributed by atoms with Gasteiger partial charge in [0.25, 0.3) is 5.56 Å². The van der Waals surface area contributed by atoms with E-state index in [1.54, 1.807) is 0 Å². The molecule has 0 spiro atoms. The van der Waals surface area contributed by atoms with Crippen molar-refractivity contribution in [2.75, 3.05) is 13.1 Å². The number of rotatable bonds is 4. The van der Waals surface area contributed by atoms with Gasteiger partial charge in [0.1, 0.15) is 6.54 Å². The highest BCUT2D eigenvalue weighted by Gasteiger charge is 2.42. The van der Waals surface area contributed by atoms with Crippen molar-refractivity contribution in [1.29, 1.82) is 0 Å². The van der Waals surface area contributed by atoms with Gasteiger partial charge in [-0.05, 0) is 6.42 Å². The van der Waals surface area contributed by atoms with Gasteiger partial charge in [0.05, 0.1) is 18.7 Å². The Kier molecular flexibility index (Phi) is 3.80. The topological polar surface area (TPSA) is 84.5 Å². The fraction of sp³-hybridized carbons (Fsp3) is 0.615. The van der Waals surface area contributed by atoms with Crippen molar-refractivity contribution in [2.24, 2.45) is 7.05 Å². The first kappa shape index (κ1) is 14.5. The standard InChI is InChI=1S/C13H19N3O4/c1-3-5-13(20)8-16(9-13)11(18)7-15-6-4-10(17)14(2)12(15)19/h4,6,20H,3,5,7-9H2,1-2H3. The summed E-state index contributed by atoms with van der Waals surface area (Å²) in [5.41, 5.74) is -1.70. The second kappa shape index (κ2) is 5.24. The first-order valence-electron chi connectivity index (χ1n) is 6.63. The molecular formula is C13H19N3O4. The van der Waals surface area contributed by atoms with Crippen molar-refractivity contribution in [3.63, 3.8) is 0 Å². The summed E-state index contributed by atoms with van der Waals surface area (Å²) in [5, 5.41) is 10.0. The molecule has 0 aromatic carbocycles. The fourth-order valence-corrected chi connectivity index (χ4v) is 2.45. The zero-order valence-electron chi connectivity index (χ0n) is 11.7. The van der Waals surface area contributed by atoms with Crippen LogP contribution in [0, 0.1) is 0 Å². The first-order valence-corrected chi connectivity index (χ1v) is 6.63. The number of β-amino-alcohol motifs (C(OH)–C–C–N with tert-alkyl or cyclic N) is 1. The molecular weight excluding hydrogens is 262 g/mol. The van der Waals surface area contributed by atoms with Gasteiger partial charge in [-0.3, -0.25) is 18.7 Å². The van der Waals surface area contributed by atoms with Crippen LogP contribution in [-0.2, 0) is 18.4 Å². The Morgan fingerprint density at radius 2 is 2.05 bits per heavy atom.